The maximum atomic E-state index is 14.2. The van der Waals surface area contributed by atoms with Crippen molar-refractivity contribution in [2.45, 2.75) is 31.5 Å². The Kier molecular flexibility index (Phi) is 8.16. The van der Waals surface area contributed by atoms with Crippen LogP contribution in [0, 0.1) is 17.1 Å². The van der Waals surface area contributed by atoms with Crippen molar-refractivity contribution in [1.29, 1.82) is 5.26 Å². The number of nitrogens with zero attached hydrogens (tertiary/aromatic N) is 2. The van der Waals surface area contributed by atoms with Gasteiger partial charge >= 0.3 is 7.60 Å². The van der Waals surface area contributed by atoms with Crippen LogP contribution < -0.4 is 4.89 Å². The molecule has 0 radical (unpaired) electrons. The molecule has 170 valence electrons. The molecule has 31 heavy (non-hydrogen) atoms. The minimum Gasteiger partial charge on any atom is -0.324 e. The third-order valence-electron chi connectivity index (χ3n) is 5.21. The molecule has 0 bridgehead atoms. The predicted octanol–water partition coefficient (Wildman–Crippen LogP) is 3.83. The van der Waals surface area contributed by atoms with Crippen molar-refractivity contribution in [1.82, 2.24) is 4.89 Å². The van der Waals surface area contributed by atoms with Gasteiger partial charge in [-0.2, -0.15) is 5.26 Å². The Morgan fingerprint density at radius 3 is 2.35 bits per heavy atom. The lowest BCUT2D eigenvalue weighted by atomic mass is 10.1. The number of halogens is 1. The molecule has 1 atom stereocenters. The molecular weight excluding hydrogens is 464 g/mol. The fourth-order valence-corrected chi connectivity index (χ4v) is 6.56. The average molecular weight is 491 g/mol. The van der Waals surface area contributed by atoms with Crippen LogP contribution in [-0.4, -0.2) is 44.1 Å². The zero-order valence-electron chi connectivity index (χ0n) is 17.8. The van der Waals surface area contributed by atoms with E-state index in [0.29, 0.717) is 6.54 Å². The molecule has 1 unspecified atom stereocenters. The lowest BCUT2D eigenvalue weighted by molar-refractivity contribution is -0.935. The molecule has 0 saturated carbocycles. The smallest absolute Gasteiger partial charge is 0.324 e. The Bertz CT molecular complexity index is 1130. The number of nitrogens with one attached hydrogen (secondary N) is 1. The van der Waals surface area contributed by atoms with Crippen LogP contribution in [0.3, 0.4) is 0 Å². The van der Waals surface area contributed by atoms with Gasteiger partial charge in [-0.25, -0.2) is 17.4 Å². The van der Waals surface area contributed by atoms with Crippen molar-refractivity contribution in [2.24, 2.45) is 0 Å². The second-order valence-corrected chi connectivity index (χ2v) is 11.9. The van der Waals surface area contributed by atoms with E-state index in [4.69, 9.17) is 5.26 Å². The number of thiophene rings is 1. The van der Waals surface area contributed by atoms with Gasteiger partial charge in [0, 0.05) is 12.2 Å². The van der Waals surface area contributed by atoms with Crippen LogP contribution in [0.15, 0.2) is 28.5 Å². The van der Waals surface area contributed by atoms with Crippen molar-refractivity contribution < 1.29 is 31.4 Å². The van der Waals surface area contributed by atoms with Gasteiger partial charge in [0.1, 0.15) is 22.6 Å². The molecule has 0 saturated heterocycles. The van der Waals surface area contributed by atoms with Crippen LogP contribution in [0.4, 0.5) is 4.39 Å². The summed E-state index contributed by atoms with van der Waals surface area (Å²) in [6.45, 7) is 10.1. The van der Waals surface area contributed by atoms with Crippen molar-refractivity contribution in [2.75, 3.05) is 26.3 Å². The Hall–Kier alpha value is -1.64. The summed E-state index contributed by atoms with van der Waals surface area (Å²) < 4.78 is 56.3. The standard InChI is InChI=1S/C19H25FN3O5PS2/c1-5-23(6-2,7-3)13-16-11-17(14-8-9-15(12-21)18(20)10-14)19(30-16)31(26,27)22-28-29(4,24)25/h8-11,22H,5-7,13H2,1-4H3/p+1. The quantitative estimate of drug-likeness (QED) is 0.297. The topological polar surface area (TPSA) is 116 Å². The predicted molar refractivity (Wildman–Crippen MR) is 117 cm³/mol. The van der Waals surface area contributed by atoms with E-state index in [2.05, 4.69) is 25.4 Å². The number of sulfonamides is 1. The van der Waals surface area contributed by atoms with Crippen molar-refractivity contribution >= 4 is 29.0 Å². The highest BCUT2D eigenvalue weighted by atomic mass is 32.2. The maximum absolute atomic E-state index is 14.2. The van der Waals surface area contributed by atoms with Crippen LogP contribution in [-0.2, 0) is 25.8 Å². The van der Waals surface area contributed by atoms with E-state index in [1.807, 2.05) is 0 Å². The lowest BCUT2D eigenvalue weighted by Gasteiger charge is -2.35. The SMILES string of the molecule is CC[N+](CC)(CC)Cc1cc(-c2ccc(C#N)c(F)c2)c(S(=O)(=O)NOP(C)(=O)O)s1. The highest BCUT2D eigenvalue weighted by Gasteiger charge is 2.29. The molecule has 2 rings (SSSR count). The van der Waals surface area contributed by atoms with Crippen LogP contribution in [0.5, 0.6) is 0 Å². The van der Waals surface area contributed by atoms with Gasteiger partial charge in [0.25, 0.3) is 10.0 Å². The summed E-state index contributed by atoms with van der Waals surface area (Å²) in [5.41, 5.74) is 0.339. The summed E-state index contributed by atoms with van der Waals surface area (Å²) in [7, 11) is -8.45. The highest BCUT2D eigenvalue weighted by molar-refractivity contribution is 7.91. The second kappa shape index (κ2) is 9.88. The van der Waals surface area contributed by atoms with Crippen LogP contribution in [0.1, 0.15) is 31.2 Å². The number of benzene rings is 1. The van der Waals surface area contributed by atoms with E-state index in [-0.39, 0.29) is 20.9 Å². The third-order valence-corrected chi connectivity index (χ3v) is 8.60. The van der Waals surface area contributed by atoms with Crippen molar-refractivity contribution in [3.8, 4) is 17.2 Å². The number of quaternary nitrogens is 1. The molecule has 0 fully saturated rings. The van der Waals surface area contributed by atoms with E-state index in [1.54, 1.807) is 17.0 Å². The summed E-state index contributed by atoms with van der Waals surface area (Å²) in [6, 6.07) is 7.25. The first kappa shape index (κ1) is 25.6. The molecule has 0 spiro atoms. The Balaban J connectivity index is 2.61. The van der Waals surface area contributed by atoms with Gasteiger partial charge in [-0.1, -0.05) is 11.0 Å². The summed E-state index contributed by atoms with van der Waals surface area (Å²) >= 11 is 0.996. The molecule has 8 nitrogen and oxygen atoms in total. The van der Waals surface area contributed by atoms with Crippen molar-refractivity contribution in [3.05, 3.63) is 40.5 Å². The minimum atomic E-state index is -4.34. The number of rotatable bonds is 10. The van der Waals surface area contributed by atoms with Gasteiger partial charge < -0.3 is 9.38 Å². The molecule has 0 aliphatic rings. The molecule has 2 aromatic rings. The number of hydrogen-bond donors (Lipinski definition) is 2. The third kappa shape index (κ3) is 6.20. The summed E-state index contributed by atoms with van der Waals surface area (Å²) in [4.78, 5) is 11.7. The maximum Gasteiger partial charge on any atom is 0.342 e. The fraction of sp³-hybridized carbons (Fsp3) is 0.421. The highest BCUT2D eigenvalue weighted by Crippen LogP contribution is 2.39. The average Bonchev–Trinajstić information content (AvgIpc) is 3.15. The first-order valence-corrected chi connectivity index (χ1v) is 13.9. The Morgan fingerprint density at radius 2 is 1.87 bits per heavy atom. The lowest BCUT2D eigenvalue weighted by Crippen LogP contribution is -2.46. The second-order valence-electron chi connectivity index (χ2n) is 7.15. The van der Waals surface area contributed by atoms with Gasteiger partial charge in [0.15, 0.2) is 0 Å². The largest absolute Gasteiger partial charge is 0.342 e. The zero-order chi connectivity index (χ0) is 23.4. The normalized spacial score (nSPS) is 14.2. The minimum absolute atomic E-state index is 0.157. The molecule has 0 aliphatic heterocycles. The number of hydrogen-bond acceptors (Lipinski definition) is 6. The van der Waals surface area contributed by atoms with Crippen LogP contribution >= 0.6 is 18.9 Å². The molecule has 2 N–H and O–H groups in total. The monoisotopic (exact) mass is 490 g/mol. The molecular formula is C19H26FN3O5PS2+. The molecule has 1 aromatic carbocycles. The summed E-state index contributed by atoms with van der Waals surface area (Å²) in [5, 5.41) is 8.96. The summed E-state index contributed by atoms with van der Waals surface area (Å²) in [5.74, 6) is -0.769. The zero-order valence-corrected chi connectivity index (χ0v) is 20.3. The molecule has 1 aromatic heterocycles. The molecule has 0 aliphatic carbocycles. The van der Waals surface area contributed by atoms with E-state index in [9.17, 15) is 22.3 Å². The first-order chi connectivity index (χ1) is 14.4. The van der Waals surface area contributed by atoms with Gasteiger partial charge in [0.2, 0.25) is 0 Å². The summed E-state index contributed by atoms with van der Waals surface area (Å²) in [6.07, 6.45) is 0. The fourth-order valence-electron chi connectivity index (χ4n) is 3.17. The van der Waals surface area contributed by atoms with E-state index >= 15 is 0 Å². The Morgan fingerprint density at radius 1 is 1.26 bits per heavy atom. The van der Waals surface area contributed by atoms with E-state index in [0.717, 1.165) is 53.1 Å². The number of nitriles is 1. The molecule has 1 heterocycles. The van der Waals surface area contributed by atoms with Crippen molar-refractivity contribution in [3.63, 3.8) is 0 Å². The van der Waals surface area contributed by atoms with Gasteiger partial charge in [0.05, 0.1) is 30.1 Å². The van der Waals surface area contributed by atoms with E-state index < -0.39 is 23.4 Å². The van der Waals surface area contributed by atoms with Crippen LogP contribution in [0.2, 0.25) is 0 Å². The van der Waals surface area contributed by atoms with Crippen LogP contribution in [0.25, 0.3) is 11.1 Å². The van der Waals surface area contributed by atoms with Gasteiger partial charge in [-0.3, -0.25) is 4.57 Å². The Labute approximate surface area is 186 Å². The molecule has 12 heteroatoms. The van der Waals surface area contributed by atoms with Gasteiger partial charge in [-0.15, -0.1) is 11.3 Å². The van der Waals surface area contributed by atoms with E-state index in [1.165, 1.54) is 12.1 Å². The first-order valence-electron chi connectivity index (χ1n) is 9.58. The van der Waals surface area contributed by atoms with Gasteiger partial charge in [-0.05, 0) is 44.5 Å². The molecule has 0 amide bonds.